The Labute approximate surface area is 80.8 Å². The molecule has 0 saturated heterocycles. The third kappa shape index (κ3) is 1.67. The molecule has 1 aromatic carbocycles. The molecule has 1 aliphatic heterocycles. The molecule has 0 bridgehead atoms. The summed E-state index contributed by atoms with van der Waals surface area (Å²) >= 11 is 0. The zero-order valence-corrected chi connectivity index (χ0v) is 8.43. The fourth-order valence-corrected chi connectivity index (χ4v) is 2.86. The molecule has 0 aromatic heterocycles. The van der Waals surface area contributed by atoms with Crippen LogP contribution in [0.25, 0.3) is 0 Å². The largest absolute Gasteiger partial charge is 0.311 e. The standard InChI is InChI=1S/C10H13NOS/c1-8-6-11-7-9-4-2-3-5-10(9)13(8)12/h2-5,8,11H,6-7H2,1H3. The van der Waals surface area contributed by atoms with Crippen LogP contribution in [0.3, 0.4) is 0 Å². The van der Waals surface area contributed by atoms with E-state index in [-0.39, 0.29) is 5.25 Å². The summed E-state index contributed by atoms with van der Waals surface area (Å²) in [5.74, 6) is 0. The van der Waals surface area contributed by atoms with Gasteiger partial charge in [-0.2, -0.15) is 0 Å². The number of rotatable bonds is 0. The number of hydrogen-bond donors (Lipinski definition) is 1. The van der Waals surface area contributed by atoms with Gasteiger partial charge in [0.1, 0.15) is 0 Å². The molecule has 13 heavy (non-hydrogen) atoms. The van der Waals surface area contributed by atoms with Crippen molar-refractivity contribution in [2.24, 2.45) is 0 Å². The van der Waals surface area contributed by atoms with Gasteiger partial charge in [-0.1, -0.05) is 18.2 Å². The van der Waals surface area contributed by atoms with E-state index in [4.69, 9.17) is 0 Å². The van der Waals surface area contributed by atoms with Gasteiger partial charge in [0.25, 0.3) is 0 Å². The highest BCUT2D eigenvalue weighted by molar-refractivity contribution is 7.85. The highest BCUT2D eigenvalue weighted by Crippen LogP contribution is 2.18. The van der Waals surface area contributed by atoms with Crippen molar-refractivity contribution in [3.05, 3.63) is 29.8 Å². The van der Waals surface area contributed by atoms with Gasteiger partial charge in [-0.3, -0.25) is 4.21 Å². The lowest BCUT2D eigenvalue weighted by molar-refractivity contribution is 0.657. The second-order valence-electron chi connectivity index (χ2n) is 3.35. The monoisotopic (exact) mass is 195 g/mol. The van der Waals surface area contributed by atoms with Crippen LogP contribution >= 0.6 is 0 Å². The molecule has 70 valence electrons. The third-order valence-corrected chi connectivity index (χ3v) is 4.03. The first kappa shape index (κ1) is 8.91. The van der Waals surface area contributed by atoms with Crippen LogP contribution in [0.5, 0.6) is 0 Å². The molecule has 2 atom stereocenters. The summed E-state index contributed by atoms with van der Waals surface area (Å²) in [7, 11) is -0.840. The van der Waals surface area contributed by atoms with Crippen LogP contribution in [0.15, 0.2) is 29.2 Å². The van der Waals surface area contributed by atoms with Crippen molar-refractivity contribution in [3.63, 3.8) is 0 Å². The molecule has 2 nitrogen and oxygen atoms in total. The Bertz CT molecular complexity index is 337. The van der Waals surface area contributed by atoms with Gasteiger partial charge in [0, 0.05) is 23.2 Å². The molecule has 3 heteroatoms. The second kappa shape index (κ2) is 3.60. The molecule has 2 rings (SSSR count). The van der Waals surface area contributed by atoms with Crippen molar-refractivity contribution in [2.75, 3.05) is 6.54 Å². The van der Waals surface area contributed by atoms with Crippen molar-refractivity contribution in [1.29, 1.82) is 0 Å². The minimum absolute atomic E-state index is 0.212. The van der Waals surface area contributed by atoms with Crippen LogP contribution in [0.1, 0.15) is 12.5 Å². The fraction of sp³-hybridized carbons (Fsp3) is 0.400. The molecule has 1 aromatic rings. The van der Waals surface area contributed by atoms with Crippen LogP contribution in [-0.4, -0.2) is 16.0 Å². The molecule has 0 saturated carbocycles. The van der Waals surface area contributed by atoms with Gasteiger partial charge in [0.15, 0.2) is 0 Å². The van der Waals surface area contributed by atoms with E-state index in [1.807, 2.05) is 31.2 Å². The number of hydrogen-bond acceptors (Lipinski definition) is 2. The van der Waals surface area contributed by atoms with Crippen molar-refractivity contribution in [2.45, 2.75) is 23.6 Å². The molecule has 1 heterocycles. The maximum absolute atomic E-state index is 11.9. The van der Waals surface area contributed by atoms with E-state index in [0.29, 0.717) is 0 Å². The van der Waals surface area contributed by atoms with Crippen LogP contribution in [0.2, 0.25) is 0 Å². The molecule has 0 amide bonds. The molecule has 0 aliphatic carbocycles. The summed E-state index contributed by atoms with van der Waals surface area (Å²) in [5.41, 5.74) is 1.17. The van der Waals surface area contributed by atoms with Gasteiger partial charge >= 0.3 is 0 Å². The van der Waals surface area contributed by atoms with Crippen molar-refractivity contribution in [3.8, 4) is 0 Å². The van der Waals surface area contributed by atoms with E-state index in [2.05, 4.69) is 5.32 Å². The molecule has 2 unspecified atom stereocenters. The van der Waals surface area contributed by atoms with Gasteiger partial charge in [-0.15, -0.1) is 0 Å². The summed E-state index contributed by atoms with van der Waals surface area (Å²) in [4.78, 5) is 1.00. The lowest BCUT2D eigenvalue weighted by Crippen LogP contribution is -2.23. The van der Waals surface area contributed by atoms with E-state index in [0.717, 1.165) is 18.0 Å². The fourth-order valence-electron chi connectivity index (χ4n) is 1.55. The Balaban J connectivity index is 2.46. The average molecular weight is 195 g/mol. The minimum atomic E-state index is -0.840. The first-order chi connectivity index (χ1) is 6.29. The molecule has 0 radical (unpaired) electrons. The van der Waals surface area contributed by atoms with Crippen molar-refractivity contribution >= 4 is 10.8 Å². The van der Waals surface area contributed by atoms with E-state index < -0.39 is 10.8 Å². The Morgan fingerprint density at radius 2 is 2.23 bits per heavy atom. The van der Waals surface area contributed by atoms with Gasteiger partial charge in [-0.25, -0.2) is 0 Å². The zero-order valence-electron chi connectivity index (χ0n) is 7.62. The van der Waals surface area contributed by atoms with E-state index in [1.54, 1.807) is 0 Å². The maximum atomic E-state index is 11.9. The Morgan fingerprint density at radius 3 is 3.08 bits per heavy atom. The first-order valence-corrected chi connectivity index (χ1v) is 5.69. The topological polar surface area (TPSA) is 29.1 Å². The highest BCUT2D eigenvalue weighted by Gasteiger charge is 2.19. The summed E-state index contributed by atoms with van der Waals surface area (Å²) in [5, 5.41) is 3.50. The summed E-state index contributed by atoms with van der Waals surface area (Å²) < 4.78 is 11.9. The van der Waals surface area contributed by atoms with Gasteiger partial charge < -0.3 is 5.32 Å². The SMILES string of the molecule is CC1CNCc2ccccc2S1=O. The second-order valence-corrected chi connectivity index (χ2v) is 5.19. The molecular formula is C10H13NOS. The van der Waals surface area contributed by atoms with E-state index in [1.165, 1.54) is 5.56 Å². The summed E-state index contributed by atoms with van der Waals surface area (Å²) in [6.45, 7) is 3.69. The van der Waals surface area contributed by atoms with Gasteiger partial charge in [0.05, 0.1) is 10.8 Å². The first-order valence-electron chi connectivity index (χ1n) is 4.48. The van der Waals surface area contributed by atoms with Crippen molar-refractivity contribution < 1.29 is 4.21 Å². The number of nitrogens with one attached hydrogen (secondary N) is 1. The lowest BCUT2D eigenvalue weighted by Gasteiger charge is -2.07. The van der Waals surface area contributed by atoms with Crippen LogP contribution < -0.4 is 5.32 Å². The van der Waals surface area contributed by atoms with Gasteiger partial charge in [-0.05, 0) is 18.6 Å². The van der Waals surface area contributed by atoms with Crippen LogP contribution in [0.4, 0.5) is 0 Å². The van der Waals surface area contributed by atoms with Crippen LogP contribution in [-0.2, 0) is 17.3 Å². The predicted molar refractivity (Wildman–Crippen MR) is 54.0 cm³/mol. The van der Waals surface area contributed by atoms with E-state index >= 15 is 0 Å². The quantitative estimate of drug-likeness (QED) is 0.676. The summed E-state index contributed by atoms with van der Waals surface area (Å²) in [6.07, 6.45) is 0. The Morgan fingerprint density at radius 1 is 1.46 bits per heavy atom. The molecular weight excluding hydrogens is 182 g/mol. The number of fused-ring (bicyclic) bond motifs is 1. The third-order valence-electron chi connectivity index (χ3n) is 2.30. The average Bonchev–Trinajstić information content (AvgIpc) is 2.29. The zero-order chi connectivity index (χ0) is 9.26. The lowest BCUT2D eigenvalue weighted by atomic mass is 10.2. The van der Waals surface area contributed by atoms with Crippen LogP contribution in [0, 0.1) is 0 Å². The number of benzene rings is 1. The molecule has 1 aliphatic rings. The van der Waals surface area contributed by atoms with Crippen molar-refractivity contribution in [1.82, 2.24) is 5.32 Å². The maximum Gasteiger partial charge on any atom is 0.0574 e. The summed E-state index contributed by atoms with van der Waals surface area (Å²) in [6, 6.07) is 7.95. The normalized spacial score (nSPS) is 27.8. The Kier molecular flexibility index (Phi) is 2.47. The Hall–Kier alpha value is -0.670. The highest BCUT2D eigenvalue weighted by atomic mass is 32.2. The smallest absolute Gasteiger partial charge is 0.0574 e. The van der Waals surface area contributed by atoms with Gasteiger partial charge in [0.2, 0.25) is 0 Å². The molecule has 0 fully saturated rings. The molecule has 1 N–H and O–H groups in total. The minimum Gasteiger partial charge on any atom is -0.311 e. The molecule has 0 spiro atoms. The van der Waals surface area contributed by atoms with E-state index in [9.17, 15) is 4.21 Å². The predicted octanol–water partition coefficient (Wildman–Crippen LogP) is 1.29.